The summed E-state index contributed by atoms with van der Waals surface area (Å²) in [6.07, 6.45) is 5.26. The fraction of sp³-hybridized carbons (Fsp3) is 0.529. The van der Waals surface area contributed by atoms with E-state index in [0.717, 1.165) is 42.3 Å². The minimum atomic E-state index is -0.652. The lowest BCUT2D eigenvalue weighted by molar-refractivity contribution is -0.142. The van der Waals surface area contributed by atoms with E-state index in [1.54, 1.807) is 0 Å². The van der Waals surface area contributed by atoms with Crippen molar-refractivity contribution in [3.63, 3.8) is 0 Å². The molecule has 118 valence electrons. The first-order valence-corrected chi connectivity index (χ1v) is 8.01. The predicted octanol–water partition coefficient (Wildman–Crippen LogP) is 3.67. The van der Waals surface area contributed by atoms with Gasteiger partial charge in [0.05, 0.1) is 17.6 Å². The molecule has 1 aliphatic rings. The van der Waals surface area contributed by atoms with Gasteiger partial charge in [0.1, 0.15) is 0 Å². The first kappa shape index (κ1) is 14.9. The zero-order chi connectivity index (χ0) is 15.7. The van der Waals surface area contributed by atoms with Crippen LogP contribution in [0.15, 0.2) is 24.4 Å². The molecule has 1 saturated carbocycles. The zero-order valence-corrected chi connectivity index (χ0v) is 13.1. The molecule has 0 bridgehead atoms. The SMILES string of the molecule is CC(C)n1ncc2ccc(NC3CCC(C(=O)O)CC3)cc21. The van der Waals surface area contributed by atoms with Crippen LogP contribution in [-0.4, -0.2) is 26.9 Å². The Bertz CT molecular complexity index is 670. The van der Waals surface area contributed by atoms with Crippen molar-refractivity contribution in [2.24, 2.45) is 5.92 Å². The van der Waals surface area contributed by atoms with Gasteiger partial charge in [0, 0.05) is 23.2 Å². The van der Waals surface area contributed by atoms with Gasteiger partial charge < -0.3 is 10.4 Å². The molecule has 0 amide bonds. The zero-order valence-electron chi connectivity index (χ0n) is 13.1. The van der Waals surface area contributed by atoms with Crippen LogP contribution in [-0.2, 0) is 4.79 Å². The van der Waals surface area contributed by atoms with Crippen molar-refractivity contribution in [2.45, 2.75) is 51.6 Å². The number of aliphatic carboxylic acids is 1. The Labute approximate surface area is 130 Å². The number of hydrogen-bond acceptors (Lipinski definition) is 3. The van der Waals surface area contributed by atoms with Crippen molar-refractivity contribution in [2.75, 3.05) is 5.32 Å². The fourth-order valence-electron chi connectivity index (χ4n) is 3.26. The van der Waals surface area contributed by atoms with E-state index in [-0.39, 0.29) is 5.92 Å². The molecule has 1 heterocycles. The first-order valence-electron chi connectivity index (χ1n) is 8.01. The highest BCUT2D eigenvalue weighted by Gasteiger charge is 2.25. The smallest absolute Gasteiger partial charge is 0.306 e. The van der Waals surface area contributed by atoms with E-state index >= 15 is 0 Å². The minimum Gasteiger partial charge on any atom is -0.481 e. The molecule has 0 saturated heterocycles. The molecule has 0 radical (unpaired) electrons. The molecule has 5 heteroatoms. The lowest BCUT2D eigenvalue weighted by Crippen LogP contribution is -2.29. The Morgan fingerprint density at radius 3 is 2.68 bits per heavy atom. The van der Waals surface area contributed by atoms with Crippen LogP contribution in [0.5, 0.6) is 0 Å². The number of nitrogens with one attached hydrogen (secondary N) is 1. The molecule has 1 aromatic heterocycles. The summed E-state index contributed by atoms with van der Waals surface area (Å²) in [6, 6.07) is 7.01. The summed E-state index contributed by atoms with van der Waals surface area (Å²) >= 11 is 0. The average Bonchev–Trinajstić information content (AvgIpc) is 2.91. The highest BCUT2D eigenvalue weighted by atomic mass is 16.4. The Balaban J connectivity index is 1.72. The number of rotatable bonds is 4. The molecule has 1 aliphatic carbocycles. The normalized spacial score (nSPS) is 22.1. The Morgan fingerprint density at radius 2 is 2.05 bits per heavy atom. The summed E-state index contributed by atoms with van der Waals surface area (Å²) in [5.41, 5.74) is 2.23. The minimum absolute atomic E-state index is 0.164. The summed E-state index contributed by atoms with van der Waals surface area (Å²) in [5, 5.41) is 18.2. The summed E-state index contributed by atoms with van der Waals surface area (Å²) in [4.78, 5) is 11.0. The van der Waals surface area contributed by atoms with Crippen LogP contribution in [0.1, 0.15) is 45.6 Å². The lowest BCUT2D eigenvalue weighted by Gasteiger charge is -2.27. The van der Waals surface area contributed by atoms with Crippen LogP contribution in [0.2, 0.25) is 0 Å². The maximum Gasteiger partial charge on any atom is 0.306 e. The van der Waals surface area contributed by atoms with Crippen molar-refractivity contribution in [3.8, 4) is 0 Å². The molecular formula is C17H23N3O2. The van der Waals surface area contributed by atoms with Crippen molar-refractivity contribution < 1.29 is 9.90 Å². The number of fused-ring (bicyclic) bond motifs is 1. The molecule has 0 aliphatic heterocycles. The van der Waals surface area contributed by atoms with Gasteiger partial charge in [0.2, 0.25) is 0 Å². The van der Waals surface area contributed by atoms with Gasteiger partial charge in [-0.1, -0.05) is 0 Å². The molecular weight excluding hydrogens is 278 g/mol. The van der Waals surface area contributed by atoms with E-state index in [1.807, 2.05) is 10.9 Å². The summed E-state index contributed by atoms with van der Waals surface area (Å²) < 4.78 is 2.03. The van der Waals surface area contributed by atoms with E-state index in [2.05, 4.69) is 42.5 Å². The molecule has 2 N–H and O–H groups in total. The van der Waals surface area contributed by atoms with Crippen LogP contribution in [0.25, 0.3) is 10.9 Å². The second-order valence-electron chi connectivity index (χ2n) is 6.49. The standard InChI is InChI=1S/C17H23N3O2/c1-11(2)20-16-9-15(8-5-13(16)10-18-20)19-14-6-3-12(4-7-14)17(21)22/h5,8-12,14,19H,3-4,6-7H2,1-2H3,(H,21,22). The molecule has 3 rings (SSSR count). The summed E-state index contributed by atoms with van der Waals surface area (Å²) in [7, 11) is 0. The maximum absolute atomic E-state index is 11.0. The van der Waals surface area contributed by atoms with Crippen LogP contribution in [0.3, 0.4) is 0 Å². The van der Waals surface area contributed by atoms with Gasteiger partial charge in [-0.05, 0) is 57.7 Å². The number of carboxylic acid groups (broad SMARTS) is 1. The van der Waals surface area contributed by atoms with E-state index < -0.39 is 5.97 Å². The molecule has 5 nitrogen and oxygen atoms in total. The third-order valence-corrected chi connectivity index (χ3v) is 4.53. The van der Waals surface area contributed by atoms with Crippen molar-refractivity contribution in [1.29, 1.82) is 0 Å². The van der Waals surface area contributed by atoms with Crippen molar-refractivity contribution in [1.82, 2.24) is 9.78 Å². The lowest BCUT2D eigenvalue weighted by atomic mass is 9.86. The number of nitrogens with zero attached hydrogens (tertiary/aromatic N) is 2. The molecule has 0 unspecified atom stereocenters. The Hall–Kier alpha value is -2.04. The molecule has 0 atom stereocenters. The van der Waals surface area contributed by atoms with Gasteiger partial charge in [-0.15, -0.1) is 0 Å². The maximum atomic E-state index is 11.0. The van der Waals surface area contributed by atoms with Crippen LogP contribution in [0.4, 0.5) is 5.69 Å². The molecule has 2 aromatic rings. The average molecular weight is 301 g/mol. The van der Waals surface area contributed by atoms with Gasteiger partial charge in [0.25, 0.3) is 0 Å². The summed E-state index contributed by atoms with van der Waals surface area (Å²) in [5.74, 6) is -0.816. The van der Waals surface area contributed by atoms with Gasteiger partial charge in [0.15, 0.2) is 0 Å². The highest BCUT2D eigenvalue weighted by molar-refractivity contribution is 5.82. The number of benzene rings is 1. The highest BCUT2D eigenvalue weighted by Crippen LogP contribution is 2.28. The molecule has 1 fully saturated rings. The Morgan fingerprint density at radius 1 is 1.32 bits per heavy atom. The third kappa shape index (κ3) is 2.93. The van der Waals surface area contributed by atoms with Crippen LogP contribution < -0.4 is 5.32 Å². The number of carboxylic acids is 1. The second-order valence-corrected chi connectivity index (χ2v) is 6.49. The van der Waals surface area contributed by atoms with Crippen molar-refractivity contribution in [3.05, 3.63) is 24.4 Å². The number of hydrogen-bond donors (Lipinski definition) is 2. The summed E-state index contributed by atoms with van der Waals surface area (Å²) in [6.45, 7) is 4.25. The molecule has 0 spiro atoms. The van der Waals surface area contributed by atoms with Gasteiger partial charge in [-0.3, -0.25) is 9.48 Å². The van der Waals surface area contributed by atoms with Crippen LogP contribution in [0, 0.1) is 5.92 Å². The molecule has 22 heavy (non-hydrogen) atoms. The quantitative estimate of drug-likeness (QED) is 0.904. The van der Waals surface area contributed by atoms with E-state index in [0.29, 0.717) is 12.1 Å². The number of aromatic nitrogens is 2. The van der Waals surface area contributed by atoms with Crippen LogP contribution >= 0.6 is 0 Å². The Kier molecular flexibility index (Phi) is 4.05. The number of anilines is 1. The number of carbonyl (C=O) groups is 1. The third-order valence-electron chi connectivity index (χ3n) is 4.53. The van der Waals surface area contributed by atoms with Gasteiger partial charge >= 0.3 is 5.97 Å². The fourth-order valence-corrected chi connectivity index (χ4v) is 3.26. The largest absolute Gasteiger partial charge is 0.481 e. The van der Waals surface area contributed by atoms with Crippen molar-refractivity contribution >= 4 is 22.6 Å². The van der Waals surface area contributed by atoms with E-state index in [1.165, 1.54) is 0 Å². The van der Waals surface area contributed by atoms with Gasteiger partial charge in [-0.2, -0.15) is 5.10 Å². The van der Waals surface area contributed by atoms with E-state index in [9.17, 15) is 4.79 Å². The predicted molar refractivity (Wildman–Crippen MR) is 87.1 cm³/mol. The van der Waals surface area contributed by atoms with Gasteiger partial charge in [-0.25, -0.2) is 0 Å². The molecule has 1 aromatic carbocycles. The van der Waals surface area contributed by atoms with E-state index in [4.69, 9.17) is 5.11 Å². The first-order chi connectivity index (χ1) is 10.5. The second kappa shape index (κ2) is 5.99. The monoisotopic (exact) mass is 301 g/mol. The topological polar surface area (TPSA) is 67.2 Å².